The third-order valence-electron chi connectivity index (χ3n) is 3.87. The number of hydrogen-bond acceptors (Lipinski definition) is 4. The Kier molecular flexibility index (Phi) is 5.60. The van der Waals surface area contributed by atoms with Gasteiger partial charge in [0, 0.05) is 45.4 Å². The molecule has 5 nitrogen and oxygen atoms in total. The van der Waals surface area contributed by atoms with E-state index in [4.69, 9.17) is 4.74 Å². The highest BCUT2D eigenvalue weighted by Crippen LogP contribution is 2.14. The smallest absolute Gasteiger partial charge is 0.236 e. The summed E-state index contributed by atoms with van der Waals surface area (Å²) in [4.78, 5) is 16.4. The lowest BCUT2D eigenvalue weighted by Crippen LogP contribution is -2.52. The van der Waals surface area contributed by atoms with Crippen molar-refractivity contribution in [3.05, 3.63) is 0 Å². The molecule has 0 spiro atoms. The van der Waals surface area contributed by atoms with E-state index in [-0.39, 0.29) is 5.91 Å². The molecule has 0 aliphatic carbocycles. The van der Waals surface area contributed by atoms with Crippen LogP contribution < -0.4 is 5.32 Å². The molecule has 1 amide bonds. The van der Waals surface area contributed by atoms with Crippen LogP contribution in [0.15, 0.2) is 0 Å². The molecule has 1 atom stereocenters. The standard InChI is InChI=1S/C14H27N3O2/c1-12(2)15-10-14(18)17-7-5-16(6-8-17)11-13-4-3-9-19-13/h12-13,15H,3-11H2,1-2H3. The van der Waals surface area contributed by atoms with Crippen LogP contribution in [0.25, 0.3) is 0 Å². The van der Waals surface area contributed by atoms with Crippen molar-refractivity contribution in [3.8, 4) is 0 Å². The van der Waals surface area contributed by atoms with Gasteiger partial charge in [-0.15, -0.1) is 0 Å². The second-order valence-electron chi connectivity index (χ2n) is 5.85. The summed E-state index contributed by atoms with van der Waals surface area (Å²) in [7, 11) is 0. The predicted octanol–water partition coefficient (Wildman–Crippen LogP) is 0.308. The first-order chi connectivity index (χ1) is 9.15. The van der Waals surface area contributed by atoms with E-state index < -0.39 is 0 Å². The predicted molar refractivity (Wildman–Crippen MR) is 75.1 cm³/mol. The number of nitrogens with one attached hydrogen (secondary N) is 1. The van der Waals surface area contributed by atoms with Crippen LogP contribution in [-0.4, -0.2) is 73.7 Å². The molecule has 0 aromatic heterocycles. The second kappa shape index (κ2) is 7.22. The van der Waals surface area contributed by atoms with Gasteiger partial charge in [0.05, 0.1) is 12.6 Å². The highest BCUT2D eigenvalue weighted by atomic mass is 16.5. The van der Waals surface area contributed by atoms with Gasteiger partial charge in [-0.25, -0.2) is 0 Å². The average molecular weight is 269 g/mol. The third kappa shape index (κ3) is 4.75. The maximum Gasteiger partial charge on any atom is 0.236 e. The quantitative estimate of drug-likeness (QED) is 0.780. The Bertz CT molecular complexity index is 282. The fraction of sp³-hybridized carbons (Fsp3) is 0.929. The highest BCUT2D eigenvalue weighted by molar-refractivity contribution is 5.78. The number of ether oxygens (including phenoxy) is 1. The Morgan fingerprint density at radius 3 is 2.63 bits per heavy atom. The molecular formula is C14H27N3O2. The molecule has 0 radical (unpaired) electrons. The fourth-order valence-corrected chi connectivity index (χ4v) is 2.66. The Morgan fingerprint density at radius 2 is 2.05 bits per heavy atom. The van der Waals surface area contributed by atoms with Crippen molar-refractivity contribution >= 4 is 5.91 Å². The van der Waals surface area contributed by atoms with E-state index in [1.807, 2.05) is 4.90 Å². The van der Waals surface area contributed by atoms with Gasteiger partial charge in [0.15, 0.2) is 0 Å². The Balaban J connectivity index is 1.65. The summed E-state index contributed by atoms with van der Waals surface area (Å²) in [6.45, 7) is 10.2. The molecule has 2 fully saturated rings. The molecule has 19 heavy (non-hydrogen) atoms. The van der Waals surface area contributed by atoms with Crippen molar-refractivity contribution in [3.63, 3.8) is 0 Å². The van der Waals surface area contributed by atoms with E-state index in [1.54, 1.807) is 0 Å². The van der Waals surface area contributed by atoms with Crippen molar-refractivity contribution in [1.29, 1.82) is 0 Å². The van der Waals surface area contributed by atoms with Crippen molar-refractivity contribution in [2.24, 2.45) is 0 Å². The zero-order chi connectivity index (χ0) is 13.7. The second-order valence-corrected chi connectivity index (χ2v) is 5.85. The summed E-state index contributed by atoms with van der Waals surface area (Å²) < 4.78 is 5.66. The molecule has 1 N–H and O–H groups in total. The van der Waals surface area contributed by atoms with Crippen molar-refractivity contribution in [2.45, 2.75) is 38.8 Å². The molecule has 0 saturated carbocycles. The molecule has 2 rings (SSSR count). The Morgan fingerprint density at radius 1 is 1.32 bits per heavy atom. The molecule has 0 aromatic carbocycles. The lowest BCUT2D eigenvalue weighted by Gasteiger charge is -2.35. The summed E-state index contributed by atoms with van der Waals surface area (Å²) in [5, 5.41) is 3.19. The Hall–Kier alpha value is -0.650. The molecule has 2 saturated heterocycles. The number of amides is 1. The van der Waals surface area contributed by atoms with Gasteiger partial charge in [0.1, 0.15) is 0 Å². The fourth-order valence-electron chi connectivity index (χ4n) is 2.66. The summed E-state index contributed by atoms with van der Waals surface area (Å²) in [5.74, 6) is 0.227. The number of hydrogen-bond donors (Lipinski definition) is 1. The monoisotopic (exact) mass is 269 g/mol. The molecule has 0 aromatic rings. The normalized spacial score (nSPS) is 25.2. The maximum atomic E-state index is 12.0. The SMILES string of the molecule is CC(C)NCC(=O)N1CCN(CC2CCCO2)CC1. The van der Waals surface area contributed by atoms with Crippen LogP contribution in [-0.2, 0) is 9.53 Å². The minimum absolute atomic E-state index is 0.227. The summed E-state index contributed by atoms with van der Waals surface area (Å²) in [6, 6.07) is 0.366. The van der Waals surface area contributed by atoms with Crippen LogP contribution in [0.1, 0.15) is 26.7 Å². The van der Waals surface area contributed by atoms with Gasteiger partial charge in [0.2, 0.25) is 5.91 Å². The first-order valence-corrected chi connectivity index (χ1v) is 7.50. The zero-order valence-corrected chi connectivity index (χ0v) is 12.2. The van der Waals surface area contributed by atoms with Crippen LogP contribution in [0.2, 0.25) is 0 Å². The van der Waals surface area contributed by atoms with E-state index in [9.17, 15) is 4.79 Å². The first-order valence-electron chi connectivity index (χ1n) is 7.50. The maximum absolute atomic E-state index is 12.0. The van der Waals surface area contributed by atoms with Crippen LogP contribution >= 0.6 is 0 Å². The highest BCUT2D eigenvalue weighted by Gasteiger charge is 2.24. The number of piperazine rings is 1. The number of carbonyl (C=O) groups excluding carboxylic acids is 1. The third-order valence-corrected chi connectivity index (χ3v) is 3.87. The summed E-state index contributed by atoms with van der Waals surface area (Å²) >= 11 is 0. The largest absolute Gasteiger partial charge is 0.377 e. The van der Waals surface area contributed by atoms with E-state index in [2.05, 4.69) is 24.1 Å². The first kappa shape index (κ1) is 14.8. The molecule has 2 heterocycles. The lowest BCUT2D eigenvalue weighted by molar-refractivity contribution is -0.132. The van der Waals surface area contributed by atoms with Gasteiger partial charge in [-0.05, 0) is 12.8 Å². The van der Waals surface area contributed by atoms with E-state index >= 15 is 0 Å². The van der Waals surface area contributed by atoms with Gasteiger partial charge in [-0.3, -0.25) is 9.69 Å². The molecular weight excluding hydrogens is 242 g/mol. The van der Waals surface area contributed by atoms with Crippen molar-refractivity contribution in [1.82, 2.24) is 15.1 Å². The number of rotatable bonds is 5. The molecule has 0 bridgehead atoms. The molecule has 2 aliphatic rings. The van der Waals surface area contributed by atoms with Gasteiger partial charge in [0.25, 0.3) is 0 Å². The summed E-state index contributed by atoms with van der Waals surface area (Å²) in [6.07, 6.45) is 2.81. The molecule has 2 aliphatic heterocycles. The van der Waals surface area contributed by atoms with Crippen molar-refractivity contribution in [2.75, 3.05) is 45.9 Å². The van der Waals surface area contributed by atoms with E-state index in [1.165, 1.54) is 12.8 Å². The topological polar surface area (TPSA) is 44.8 Å². The molecule has 110 valence electrons. The van der Waals surface area contributed by atoms with E-state index in [0.29, 0.717) is 18.7 Å². The van der Waals surface area contributed by atoms with Crippen LogP contribution in [0.3, 0.4) is 0 Å². The summed E-state index contributed by atoms with van der Waals surface area (Å²) in [5.41, 5.74) is 0. The molecule has 1 unspecified atom stereocenters. The number of nitrogens with zero attached hydrogens (tertiary/aromatic N) is 2. The average Bonchev–Trinajstić information content (AvgIpc) is 2.89. The number of carbonyl (C=O) groups is 1. The van der Waals surface area contributed by atoms with Gasteiger partial charge < -0.3 is 15.0 Å². The van der Waals surface area contributed by atoms with Gasteiger partial charge in [-0.1, -0.05) is 13.8 Å². The van der Waals surface area contributed by atoms with Crippen LogP contribution in [0, 0.1) is 0 Å². The van der Waals surface area contributed by atoms with Crippen molar-refractivity contribution < 1.29 is 9.53 Å². The minimum Gasteiger partial charge on any atom is -0.377 e. The van der Waals surface area contributed by atoms with Gasteiger partial charge in [-0.2, -0.15) is 0 Å². The van der Waals surface area contributed by atoms with Gasteiger partial charge >= 0.3 is 0 Å². The minimum atomic E-state index is 0.227. The van der Waals surface area contributed by atoms with E-state index in [0.717, 1.165) is 39.3 Å². The lowest BCUT2D eigenvalue weighted by atomic mass is 10.2. The Labute approximate surface area is 116 Å². The molecule has 5 heteroatoms. The van der Waals surface area contributed by atoms with Crippen LogP contribution in [0.5, 0.6) is 0 Å². The zero-order valence-electron chi connectivity index (χ0n) is 12.2. The van der Waals surface area contributed by atoms with Crippen LogP contribution in [0.4, 0.5) is 0 Å².